The van der Waals surface area contributed by atoms with Crippen molar-refractivity contribution in [2.75, 3.05) is 51.6 Å². The fourth-order valence-corrected chi connectivity index (χ4v) is 3.69. The van der Waals surface area contributed by atoms with Crippen molar-refractivity contribution in [1.29, 1.82) is 0 Å². The van der Waals surface area contributed by atoms with Crippen LogP contribution in [0.5, 0.6) is 0 Å². The number of amides is 1. The van der Waals surface area contributed by atoms with Crippen LogP contribution < -0.4 is 0 Å². The van der Waals surface area contributed by atoms with E-state index in [0.717, 1.165) is 26.0 Å². The first-order chi connectivity index (χ1) is 10.0. The van der Waals surface area contributed by atoms with E-state index in [1.165, 1.54) is 4.31 Å². The molecule has 8 heteroatoms. The average Bonchev–Trinajstić information content (AvgIpc) is 2.53. The molecule has 0 saturated carbocycles. The van der Waals surface area contributed by atoms with Crippen LogP contribution in [0.1, 0.15) is 26.2 Å². The summed E-state index contributed by atoms with van der Waals surface area (Å²) in [5.41, 5.74) is 0. The van der Waals surface area contributed by atoms with Gasteiger partial charge in [0.05, 0.1) is 12.4 Å². The minimum atomic E-state index is -3.13. The smallest absolute Gasteiger partial charge is 0.224 e. The molecule has 0 spiro atoms. The van der Waals surface area contributed by atoms with Crippen LogP contribution in [0.4, 0.5) is 0 Å². The summed E-state index contributed by atoms with van der Waals surface area (Å²) in [6.07, 6.45) is 2.63. The van der Waals surface area contributed by atoms with Gasteiger partial charge in [0.1, 0.15) is 0 Å². The van der Waals surface area contributed by atoms with Crippen LogP contribution in [-0.2, 0) is 19.7 Å². The topological polar surface area (TPSA) is 70.2 Å². The van der Waals surface area contributed by atoms with E-state index in [1.54, 1.807) is 11.8 Å². The summed E-state index contributed by atoms with van der Waals surface area (Å²) < 4.78 is 25.0. The van der Waals surface area contributed by atoms with Gasteiger partial charge < -0.3 is 4.90 Å². The normalized spacial score (nSPS) is 22.4. The van der Waals surface area contributed by atoms with Gasteiger partial charge in [0.2, 0.25) is 15.9 Å². The van der Waals surface area contributed by atoms with Gasteiger partial charge in [-0.05, 0) is 19.8 Å². The predicted molar refractivity (Wildman–Crippen MR) is 79.0 cm³/mol. The molecule has 2 fully saturated rings. The van der Waals surface area contributed by atoms with Crippen LogP contribution in [0, 0.1) is 0 Å². The Kier molecular flexibility index (Phi) is 5.98. The van der Waals surface area contributed by atoms with Gasteiger partial charge in [-0.2, -0.15) is 9.37 Å². The number of hydrogen-bond donors (Lipinski definition) is 0. The van der Waals surface area contributed by atoms with Gasteiger partial charge in [-0.1, -0.05) is 0 Å². The van der Waals surface area contributed by atoms with Gasteiger partial charge in [-0.3, -0.25) is 9.63 Å². The molecular weight excluding hydrogens is 294 g/mol. The van der Waals surface area contributed by atoms with Crippen molar-refractivity contribution in [2.24, 2.45) is 0 Å². The SMILES string of the molecule is CCS(=O)(=O)N1CCN(C(=O)CCN2CCCCO2)CC1. The van der Waals surface area contributed by atoms with Crippen LogP contribution in [0.2, 0.25) is 0 Å². The number of hydrogen-bond acceptors (Lipinski definition) is 5. The van der Waals surface area contributed by atoms with Crippen molar-refractivity contribution in [3.63, 3.8) is 0 Å². The molecular formula is C13H25N3O4S. The van der Waals surface area contributed by atoms with Crippen molar-refractivity contribution in [2.45, 2.75) is 26.2 Å². The summed E-state index contributed by atoms with van der Waals surface area (Å²) >= 11 is 0. The summed E-state index contributed by atoms with van der Waals surface area (Å²) in [6, 6.07) is 0. The van der Waals surface area contributed by atoms with Crippen molar-refractivity contribution < 1.29 is 18.0 Å². The highest BCUT2D eigenvalue weighted by atomic mass is 32.2. The Morgan fingerprint density at radius 1 is 1.10 bits per heavy atom. The first kappa shape index (κ1) is 16.7. The van der Waals surface area contributed by atoms with Gasteiger partial charge in [-0.15, -0.1) is 0 Å². The molecule has 0 radical (unpaired) electrons. The van der Waals surface area contributed by atoms with E-state index < -0.39 is 10.0 Å². The molecule has 2 heterocycles. The lowest BCUT2D eigenvalue weighted by Gasteiger charge is -2.34. The molecule has 0 N–H and O–H groups in total. The van der Waals surface area contributed by atoms with Crippen LogP contribution in [-0.4, -0.2) is 80.2 Å². The Labute approximate surface area is 126 Å². The number of carbonyl (C=O) groups excluding carboxylic acids is 1. The first-order valence-electron chi connectivity index (χ1n) is 7.66. The summed E-state index contributed by atoms with van der Waals surface area (Å²) in [7, 11) is -3.13. The lowest BCUT2D eigenvalue weighted by Crippen LogP contribution is -2.51. The van der Waals surface area contributed by atoms with Crippen molar-refractivity contribution >= 4 is 15.9 Å². The second-order valence-corrected chi connectivity index (χ2v) is 7.66. The third-order valence-electron chi connectivity index (χ3n) is 4.00. The number of piperazine rings is 1. The summed E-state index contributed by atoms with van der Waals surface area (Å²) in [5.74, 6) is 0.200. The molecule has 2 saturated heterocycles. The lowest BCUT2D eigenvalue weighted by molar-refractivity contribution is -0.182. The summed E-state index contributed by atoms with van der Waals surface area (Å²) in [6.45, 7) is 5.66. The second kappa shape index (κ2) is 7.53. The van der Waals surface area contributed by atoms with Gasteiger partial charge >= 0.3 is 0 Å². The van der Waals surface area contributed by atoms with Gasteiger partial charge in [0, 0.05) is 45.7 Å². The first-order valence-corrected chi connectivity index (χ1v) is 9.27. The van der Waals surface area contributed by atoms with Crippen molar-refractivity contribution in [3.05, 3.63) is 0 Å². The van der Waals surface area contributed by atoms with E-state index in [-0.39, 0.29) is 11.7 Å². The zero-order chi connectivity index (χ0) is 15.3. The highest BCUT2D eigenvalue weighted by molar-refractivity contribution is 7.89. The molecule has 0 aliphatic carbocycles. The predicted octanol–water partition coefficient (Wildman–Crippen LogP) is -0.102. The molecule has 0 aromatic rings. The second-order valence-electron chi connectivity index (χ2n) is 5.40. The van der Waals surface area contributed by atoms with E-state index in [2.05, 4.69) is 0 Å². The Morgan fingerprint density at radius 3 is 2.38 bits per heavy atom. The van der Waals surface area contributed by atoms with Crippen LogP contribution >= 0.6 is 0 Å². The fraction of sp³-hybridized carbons (Fsp3) is 0.923. The van der Waals surface area contributed by atoms with Crippen LogP contribution in [0.15, 0.2) is 0 Å². The van der Waals surface area contributed by atoms with E-state index in [4.69, 9.17) is 4.84 Å². The quantitative estimate of drug-likeness (QED) is 0.708. The third-order valence-corrected chi connectivity index (χ3v) is 5.88. The molecule has 2 aliphatic heterocycles. The molecule has 0 aromatic carbocycles. The lowest BCUT2D eigenvalue weighted by atomic mass is 10.2. The standard InChI is InChI=1S/C13H25N3O4S/c1-2-21(18,19)16-10-8-14(9-11-16)13(17)5-7-15-6-3-4-12-20-15/h2-12H2,1H3. The summed E-state index contributed by atoms with van der Waals surface area (Å²) in [5, 5.41) is 1.86. The average molecular weight is 319 g/mol. The van der Waals surface area contributed by atoms with Gasteiger partial charge in [-0.25, -0.2) is 8.42 Å². The van der Waals surface area contributed by atoms with E-state index in [9.17, 15) is 13.2 Å². The molecule has 0 unspecified atom stereocenters. The van der Waals surface area contributed by atoms with Crippen molar-refractivity contribution in [1.82, 2.24) is 14.3 Å². The van der Waals surface area contributed by atoms with E-state index in [1.807, 2.05) is 5.06 Å². The zero-order valence-corrected chi connectivity index (χ0v) is 13.5. The molecule has 0 bridgehead atoms. The Hall–Kier alpha value is -0.700. The summed E-state index contributed by atoms with van der Waals surface area (Å²) in [4.78, 5) is 19.4. The molecule has 7 nitrogen and oxygen atoms in total. The number of hydroxylamine groups is 2. The maximum Gasteiger partial charge on any atom is 0.224 e. The molecule has 122 valence electrons. The minimum Gasteiger partial charge on any atom is -0.340 e. The fourth-order valence-electron chi connectivity index (χ4n) is 2.60. The van der Waals surface area contributed by atoms with Crippen LogP contribution in [0.3, 0.4) is 0 Å². The molecule has 0 aromatic heterocycles. The maximum absolute atomic E-state index is 12.1. The highest BCUT2D eigenvalue weighted by Gasteiger charge is 2.27. The number of carbonyl (C=O) groups is 1. The minimum absolute atomic E-state index is 0.0812. The number of rotatable bonds is 5. The zero-order valence-electron chi connectivity index (χ0n) is 12.7. The number of nitrogens with zero attached hydrogens (tertiary/aromatic N) is 3. The Bertz CT molecular complexity index is 440. The third kappa shape index (κ3) is 4.64. The maximum atomic E-state index is 12.1. The molecule has 0 atom stereocenters. The van der Waals surface area contributed by atoms with Gasteiger partial charge in [0.15, 0.2) is 0 Å². The highest BCUT2D eigenvalue weighted by Crippen LogP contribution is 2.11. The monoisotopic (exact) mass is 319 g/mol. The van der Waals surface area contributed by atoms with Crippen LogP contribution in [0.25, 0.3) is 0 Å². The van der Waals surface area contributed by atoms with Gasteiger partial charge in [0.25, 0.3) is 0 Å². The van der Waals surface area contributed by atoms with Crippen molar-refractivity contribution in [3.8, 4) is 0 Å². The molecule has 2 rings (SSSR count). The molecule has 2 aliphatic rings. The number of sulfonamides is 1. The largest absolute Gasteiger partial charge is 0.340 e. The van der Waals surface area contributed by atoms with E-state index >= 15 is 0 Å². The molecule has 1 amide bonds. The Morgan fingerprint density at radius 2 is 1.81 bits per heavy atom. The Balaban J connectivity index is 1.72. The molecule has 21 heavy (non-hydrogen) atoms. The van der Waals surface area contributed by atoms with E-state index in [0.29, 0.717) is 39.1 Å².